The van der Waals surface area contributed by atoms with Crippen molar-refractivity contribution >= 4 is 0 Å². The maximum absolute atomic E-state index is 9.36. The van der Waals surface area contributed by atoms with Crippen LogP contribution < -0.4 is 0 Å². The van der Waals surface area contributed by atoms with Gasteiger partial charge in [-0.3, -0.25) is 0 Å². The largest absolute Gasteiger partial charge is 0.219 e. The highest BCUT2D eigenvalue weighted by atomic mass is 15.3. The Balaban J connectivity index is 2.66. The van der Waals surface area contributed by atoms with Crippen LogP contribution in [0, 0.1) is 18.3 Å². The number of rotatable bonds is 3. The number of nitrogens with zero attached hydrogens (tertiary/aromatic N) is 5. The molecule has 92 valence electrons. The Morgan fingerprint density at radius 1 is 1.28 bits per heavy atom. The summed E-state index contributed by atoms with van der Waals surface area (Å²) in [5.41, 5.74) is 3.32. The van der Waals surface area contributed by atoms with Crippen LogP contribution in [0.1, 0.15) is 36.4 Å². The molecule has 0 unspecified atom stereocenters. The van der Waals surface area contributed by atoms with Crippen LogP contribution in [0.2, 0.25) is 0 Å². The van der Waals surface area contributed by atoms with E-state index < -0.39 is 0 Å². The zero-order valence-corrected chi connectivity index (χ0v) is 10.8. The number of aromatic nitrogens is 4. The van der Waals surface area contributed by atoms with Crippen molar-refractivity contribution in [1.82, 2.24) is 20.0 Å². The fourth-order valence-electron chi connectivity index (χ4n) is 1.97. The first kappa shape index (κ1) is 12.2. The first-order chi connectivity index (χ1) is 8.71. The Labute approximate surface area is 106 Å². The van der Waals surface area contributed by atoms with Crippen molar-refractivity contribution < 1.29 is 0 Å². The summed E-state index contributed by atoms with van der Waals surface area (Å²) in [5.74, 6) is 0.514. The summed E-state index contributed by atoms with van der Waals surface area (Å²) in [6, 6.07) is 4.11. The molecule has 18 heavy (non-hydrogen) atoms. The van der Waals surface area contributed by atoms with Crippen LogP contribution in [0.15, 0.2) is 12.3 Å². The van der Waals surface area contributed by atoms with E-state index in [1.54, 1.807) is 10.9 Å². The highest BCUT2D eigenvalue weighted by molar-refractivity contribution is 5.49. The normalized spacial score (nSPS) is 10.3. The van der Waals surface area contributed by atoms with Crippen LogP contribution >= 0.6 is 0 Å². The van der Waals surface area contributed by atoms with Crippen molar-refractivity contribution in [2.45, 2.75) is 33.6 Å². The molecule has 0 fully saturated rings. The van der Waals surface area contributed by atoms with Gasteiger partial charge in [0.1, 0.15) is 11.6 Å². The summed E-state index contributed by atoms with van der Waals surface area (Å²) in [5, 5.41) is 22.0. The van der Waals surface area contributed by atoms with Crippen molar-refractivity contribution in [3.63, 3.8) is 0 Å². The molecule has 0 radical (unpaired) electrons. The second-order valence-corrected chi connectivity index (χ2v) is 4.04. The lowest BCUT2D eigenvalue weighted by molar-refractivity contribution is 0.771. The van der Waals surface area contributed by atoms with Crippen molar-refractivity contribution in [3.05, 3.63) is 34.8 Å². The van der Waals surface area contributed by atoms with Crippen LogP contribution in [-0.4, -0.2) is 20.0 Å². The SMILES string of the molecule is CCc1nnc(-n2ccc(C)n2)c(C#N)c1CC. The molecular weight excluding hydrogens is 226 g/mol. The van der Waals surface area contributed by atoms with Crippen molar-refractivity contribution in [3.8, 4) is 11.9 Å². The predicted molar refractivity (Wildman–Crippen MR) is 67.4 cm³/mol. The van der Waals surface area contributed by atoms with E-state index in [9.17, 15) is 5.26 Å². The second kappa shape index (κ2) is 4.96. The second-order valence-electron chi connectivity index (χ2n) is 4.04. The van der Waals surface area contributed by atoms with E-state index in [2.05, 4.69) is 21.4 Å². The number of aryl methyl sites for hydroxylation is 2. The van der Waals surface area contributed by atoms with Gasteiger partial charge in [-0.25, -0.2) is 4.68 Å². The highest BCUT2D eigenvalue weighted by Crippen LogP contribution is 2.18. The Hall–Kier alpha value is -2.22. The van der Waals surface area contributed by atoms with Gasteiger partial charge in [0.25, 0.3) is 0 Å². The molecule has 5 heteroatoms. The molecule has 5 nitrogen and oxygen atoms in total. The molecular formula is C13H15N5. The smallest absolute Gasteiger partial charge is 0.193 e. The van der Waals surface area contributed by atoms with Crippen LogP contribution in [0.5, 0.6) is 0 Å². The number of nitriles is 1. The summed E-state index contributed by atoms with van der Waals surface area (Å²) in [6.45, 7) is 5.94. The zero-order valence-electron chi connectivity index (χ0n) is 10.8. The van der Waals surface area contributed by atoms with Crippen molar-refractivity contribution in [1.29, 1.82) is 5.26 Å². The van der Waals surface area contributed by atoms with E-state index in [1.807, 2.05) is 26.8 Å². The Morgan fingerprint density at radius 2 is 2.06 bits per heavy atom. The van der Waals surface area contributed by atoms with Gasteiger partial charge >= 0.3 is 0 Å². The van der Waals surface area contributed by atoms with E-state index in [-0.39, 0.29) is 0 Å². The van der Waals surface area contributed by atoms with Gasteiger partial charge in [0.05, 0.1) is 11.4 Å². The van der Waals surface area contributed by atoms with Crippen LogP contribution in [0.4, 0.5) is 0 Å². The molecule has 0 aliphatic carbocycles. The average molecular weight is 241 g/mol. The average Bonchev–Trinajstić information content (AvgIpc) is 2.83. The lowest BCUT2D eigenvalue weighted by Crippen LogP contribution is -2.10. The minimum atomic E-state index is 0.514. The zero-order chi connectivity index (χ0) is 13.1. The van der Waals surface area contributed by atoms with Gasteiger partial charge in [0.15, 0.2) is 5.82 Å². The van der Waals surface area contributed by atoms with Gasteiger partial charge in [-0.05, 0) is 31.4 Å². The highest BCUT2D eigenvalue weighted by Gasteiger charge is 2.15. The molecule has 2 heterocycles. The van der Waals surface area contributed by atoms with Gasteiger partial charge in [-0.1, -0.05) is 13.8 Å². The number of hydrogen-bond acceptors (Lipinski definition) is 4. The van der Waals surface area contributed by atoms with Gasteiger partial charge in [-0.15, -0.1) is 5.10 Å². The first-order valence-corrected chi connectivity index (χ1v) is 6.02. The minimum Gasteiger partial charge on any atom is -0.219 e. The minimum absolute atomic E-state index is 0.514. The fourth-order valence-corrected chi connectivity index (χ4v) is 1.97. The molecule has 0 saturated carbocycles. The third kappa shape index (κ3) is 1.97. The van der Waals surface area contributed by atoms with Crippen molar-refractivity contribution in [2.75, 3.05) is 0 Å². The molecule has 0 bridgehead atoms. The van der Waals surface area contributed by atoms with E-state index >= 15 is 0 Å². The van der Waals surface area contributed by atoms with Gasteiger partial charge in [-0.2, -0.15) is 15.5 Å². The van der Waals surface area contributed by atoms with Crippen molar-refractivity contribution in [2.24, 2.45) is 0 Å². The van der Waals surface area contributed by atoms with Gasteiger partial charge < -0.3 is 0 Å². The third-order valence-electron chi connectivity index (χ3n) is 2.88. The molecule has 0 aromatic carbocycles. The lowest BCUT2D eigenvalue weighted by atomic mass is 10.0. The molecule has 0 amide bonds. The van der Waals surface area contributed by atoms with Gasteiger partial charge in [0, 0.05) is 6.20 Å². The van der Waals surface area contributed by atoms with Crippen LogP contribution in [0.3, 0.4) is 0 Å². The Kier molecular flexibility index (Phi) is 3.38. The molecule has 0 spiro atoms. The topological polar surface area (TPSA) is 67.4 Å². The van der Waals surface area contributed by atoms with E-state index in [1.165, 1.54) is 0 Å². The summed E-state index contributed by atoms with van der Waals surface area (Å²) in [4.78, 5) is 0. The molecule has 2 aromatic heterocycles. The standard InChI is InChI=1S/C13H15N5/c1-4-10-11(8-14)13(16-15-12(10)5-2)18-7-6-9(3)17-18/h6-7H,4-5H2,1-3H3. The van der Waals surface area contributed by atoms with E-state index in [0.29, 0.717) is 11.4 Å². The molecule has 0 saturated heterocycles. The third-order valence-corrected chi connectivity index (χ3v) is 2.88. The molecule has 0 aliphatic heterocycles. The fraction of sp³-hybridized carbons (Fsp3) is 0.385. The molecule has 0 aliphatic rings. The predicted octanol–water partition coefficient (Wildman–Crippen LogP) is 1.97. The summed E-state index contributed by atoms with van der Waals surface area (Å²) in [6.07, 6.45) is 3.35. The molecule has 0 N–H and O–H groups in total. The summed E-state index contributed by atoms with van der Waals surface area (Å²) >= 11 is 0. The Bertz CT molecular complexity index is 606. The van der Waals surface area contributed by atoms with E-state index in [0.717, 1.165) is 29.8 Å². The summed E-state index contributed by atoms with van der Waals surface area (Å²) < 4.78 is 1.61. The quantitative estimate of drug-likeness (QED) is 0.823. The van der Waals surface area contributed by atoms with Gasteiger partial charge in [0.2, 0.25) is 0 Å². The molecule has 2 rings (SSSR count). The maximum atomic E-state index is 9.36. The lowest BCUT2D eigenvalue weighted by Gasteiger charge is -2.09. The molecule has 2 aromatic rings. The number of hydrogen-bond donors (Lipinski definition) is 0. The first-order valence-electron chi connectivity index (χ1n) is 6.02. The summed E-state index contributed by atoms with van der Waals surface area (Å²) in [7, 11) is 0. The molecule has 0 atom stereocenters. The van der Waals surface area contributed by atoms with Crippen LogP contribution in [-0.2, 0) is 12.8 Å². The Morgan fingerprint density at radius 3 is 2.56 bits per heavy atom. The van der Waals surface area contributed by atoms with E-state index in [4.69, 9.17) is 0 Å². The maximum Gasteiger partial charge on any atom is 0.193 e. The van der Waals surface area contributed by atoms with Crippen LogP contribution in [0.25, 0.3) is 5.82 Å². The monoisotopic (exact) mass is 241 g/mol.